The highest BCUT2D eigenvalue weighted by Crippen LogP contribution is 2.38. The Labute approximate surface area is 146 Å². The molecule has 0 bridgehead atoms. The van der Waals surface area contributed by atoms with Crippen LogP contribution in [0, 0.1) is 0 Å². The first-order valence-electron chi connectivity index (χ1n) is 8.64. The van der Waals surface area contributed by atoms with Crippen molar-refractivity contribution in [2.24, 2.45) is 0 Å². The number of para-hydroxylation sites is 1. The van der Waals surface area contributed by atoms with E-state index in [1.807, 2.05) is 18.2 Å². The Kier molecular flexibility index (Phi) is 10.7. The van der Waals surface area contributed by atoms with Gasteiger partial charge in [-0.25, -0.2) is 0 Å². The SMILES string of the molecule is CCCCCCCCNCCOc1cccc2c1OCCO2.[Cl-]. The molecule has 1 aliphatic rings. The van der Waals surface area contributed by atoms with Gasteiger partial charge in [-0.3, -0.25) is 0 Å². The number of hydrogen-bond donors (Lipinski definition) is 1. The fourth-order valence-electron chi connectivity index (χ4n) is 2.55. The Morgan fingerprint density at radius 1 is 1.00 bits per heavy atom. The van der Waals surface area contributed by atoms with Crippen molar-refractivity contribution in [1.29, 1.82) is 0 Å². The average Bonchev–Trinajstić information content (AvgIpc) is 2.56. The molecule has 23 heavy (non-hydrogen) atoms. The third kappa shape index (κ3) is 7.32. The lowest BCUT2D eigenvalue weighted by molar-refractivity contribution is -0.00000561. The standard InChI is InChI=1S/C18H29NO3.ClH/c1-2-3-4-5-6-7-11-19-12-13-20-16-9-8-10-17-18(16)22-15-14-21-17;/h8-10,19H,2-7,11-15H2,1H3;1H/p-1. The quantitative estimate of drug-likeness (QED) is 0.604. The third-order valence-electron chi connectivity index (χ3n) is 3.77. The molecule has 1 aliphatic heterocycles. The summed E-state index contributed by atoms with van der Waals surface area (Å²) < 4.78 is 17.0. The maximum Gasteiger partial charge on any atom is 0.203 e. The molecule has 0 unspecified atom stereocenters. The zero-order valence-corrected chi connectivity index (χ0v) is 14.9. The molecule has 0 aliphatic carbocycles. The van der Waals surface area contributed by atoms with Crippen LogP contribution < -0.4 is 31.9 Å². The van der Waals surface area contributed by atoms with Crippen molar-refractivity contribution in [3.8, 4) is 17.2 Å². The van der Waals surface area contributed by atoms with Gasteiger partial charge in [0.2, 0.25) is 5.75 Å². The van der Waals surface area contributed by atoms with E-state index < -0.39 is 0 Å². The van der Waals surface area contributed by atoms with Crippen molar-refractivity contribution in [1.82, 2.24) is 5.32 Å². The molecule has 1 aromatic carbocycles. The zero-order chi connectivity index (χ0) is 15.5. The van der Waals surface area contributed by atoms with Gasteiger partial charge in [-0.2, -0.15) is 0 Å². The molecule has 0 fully saturated rings. The topological polar surface area (TPSA) is 39.7 Å². The minimum absolute atomic E-state index is 0. The predicted octanol–water partition coefficient (Wildman–Crippen LogP) is 0.791. The third-order valence-corrected chi connectivity index (χ3v) is 3.77. The second-order valence-electron chi connectivity index (χ2n) is 5.65. The molecule has 0 amide bonds. The molecule has 1 heterocycles. The number of halogens is 1. The summed E-state index contributed by atoms with van der Waals surface area (Å²) in [4.78, 5) is 0. The summed E-state index contributed by atoms with van der Waals surface area (Å²) >= 11 is 0. The summed E-state index contributed by atoms with van der Waals surface area (Å²) in [7, 11) is 0. The zero-order valence-electron chi connectivity index (χ0n) is 14.1. The van der Waals surface area contributed by atoms with E-state index in [9.17, 15) is 0 Å². The molecule has 2 rings (SSSR count). The molecule has 0 saturated carbocycles. The molecule has 0 aromatic heterocycles. The lowest BCUT2D eigenvalue weighted by Crippen LogP contribution is -3.00. The molecular weight excluding hydrogens is 314 g/mol. The number of rotatable bonds is 11. The highest BCUT2D eigenvalue weighted by atomic mass is 35.5. The molecule has 4 nitrogen and oxygen atoms in total. The van der Waals surface area contributed by atoms with Crippen molar-refractivity contribution in [3.05, 3.63) is 18.2 Å². The van der Waals surface area contributed by atoms with E-state index >= 15 is 0 Å². The first kappa shape index (κ1) is 19.9. The first-order chi connectivity index (χ1) is 10.9. The molecule has 0 radical (unpaired) electrons. The summed E-state index contributed by atoms with van der Waals surface area (Å²) in [5.74, 6) is 2.30. The van der Waals surface area contributed by atoms with E-state index in [0.717, 1.165) is 30.3 Å². The number of nitrogens with one attached hydrogen (secondary N) is 1. The first-order valence-corrected chi connectivity index (χ1v) is 8.64. The van der Waals surface area contributed by atoms with Gasteiger partial charge in [0.15, 0.2) is 11.5 Å². The maximum absolute atomic E-state index is 5.80. The van der Waals surface area contributed by atoms with Crippen LogP contribution in [0.5, 0.6) is 17.2 Å². The fourth-order valence-corrected chi connectivity index (χ4v) is 2.55. The highest BCUT2D eigenvalue weighted by Gasteiger charge is 2.16. The van der Waals surface area contributed by atoms with Gasteiger partial charge in [0.1, 0.15) is 19.8 Å². The molecule has 5 heteroatoms. The second-order valence-corrected chi connectivity index (χ2v) is 5.65. The summed E-state index contributed by atoms with van der Waals surface area (Å²) in [6.07, 6.45) is 7.99. The Bertz CT molecular complexity index is 429. The fraction of sp³-hybridized carbons (Fsp3) is 0.667. The van der Waals surface area contributed by atoms with E-state index in [4.69, 9.17) is 14.2 Å². The van der Waals surface area contributed by atoms with Crippen molar-refractivity contribution in [2.45, 2.75) is 45.4 Å². The summed E-state index contributed by atoms with van der Waals surface area (Å²) in [5.41, 5.74) is 0. The van der Waals surface area contributed by atoms with Crippen LogP contribution in [0.4, 0.5) is 0 Å². The maximum atomic E-state index is 5.80. The van der Waals surface area contributed by atoms with Crippen molar-refractivity contribution in [3.63, 3.8) is 0 Å². The van der Waals surface area contributed by atoms with Gasteiger partial charge in [0, 0.05) is 6.54 Å². The lowest BCUT2D eigenvalue weighted by atomic mass is 10.1. The van der Waals surface area contributed by atoms with Gasteiger partial charge in [-0.05, 0) is 25.1 Å². The van der Waals surface area contributed by atoms with Gasteiger partial charge in [-0.15, -0.1) is 0 Å². The molecular formula is C18H29ClNO3-. The Hall–Kier alpha value is -1.13. The van der Waals surface area contributed by atoms with Crippen LogP contribution in [-0.4, -0.2) is 32.9 Å². The monoisotopic (exact) mass is 342 g/mol. The van der Waals surface area contributed by atoms with Crippen LogP contribution in [0.1, 0.15) is 45.4 Å². The van der Waals surface area contributed by atoms with E-state index in [1.54, 1.807) is 0 Å². The van der Waals surface area contributed by atoms with Crippen LogP contribution >= 0.6 is 0 Å². The molecule has 132 valence electrons. The predicted molar refractivity (Wildman–Crippen MR) is 89.2 cm³/mol. The van der Waals surface area contributed by atoms with E-state index in [0.29, 0.717) is 19.8 Å². The van der Waals surface area contributed by atoms with Gasteiger partial charge in [-0.1, -0.05) is 45.1 Å². The molecule has 0 atom stereocenters. The minimum atomic E-state index is 0. The lowest BCUT2D eigenvalue weighted by Gasteiger charge is -2.20. The number of benzene rings is 1. The number of unbranched alkanes of at least 4 members (excludes halogenated alkanes) is 5. The van der Waals surface area contributed by atoms with Crippen LogP contribution in [0.3, 0.4) is 0 Å². The second kappa shape index (κ2) is 12.3. The largest absolute Gasteiger partial charge is 1.00 e. The number of hydrogen-bond acceptors (Lipinski definition) is 4. The van der Waals surface area contributed by atoms with Gasteiger partial charge < -0.3 is 31.9 Å². The van der Waals surface area contributed by atoms with Crippen molar-refractivity contribution >= 4 is 0 Å². The minimum Gasteiger partial charge on any atom is -1.00 e. The normalized spacial score (nSPS) is 12.6. The van der Waals surface area contributed by atoms with E-state index in [2.05, 4.69) is 12.2 Å². The Morgan fingerprint density at radius 3 is 2.65 bits per heavy atom. The molecule has 1 aromatic rings. The van der Waals surface area contributed by atoms with Crippen LogP contribution in [-0.2, 0) is 0 Å². The average molecular weight is 343 g/mol. The van der Waals surface area contributed by atoms with Gasteiger partial charge >= 0.3 is 0 Å². The molecule has 1 N–H and O–H groups in total. The van der Waals surface area contributed by atoms with Crippen LogP contribution in [0.2, 0.25) is 0 Å². The smallest absolute Gasteiger partial charge is 0.203 e. The Balaban J connectivity index is 0.00000264. The molecule has 0 saturated heterocycles. The van der Waals surface area contributed by atoms with E-state index in [-0.39, 0.29) is 12.4 Å². The number of ether oxygens (including phenoxy) is 3. The summed E-state index contributed by atoms with van der Waals surface area (Å²) in [5, 5.41) is 3.43. The van der Waals surface area contributed by atoms with Crippen molar-refractivity contribution in [2.75, 3.05) is 32.9 Å². The van der Waals surface area contributed by atoms with Crippen LogP contribution in [0.25, 0.3) is 0 Å². The highest BCUT2D eigenvalue weighted by molar-refractivity contribution is 5.51. The van der Waals surface area contributed by atoms with Crippen LogP contribution in [0.15, 0.2) is 18.2 Å². The molecule has 0 spiro atoms. The summed E-state index contributed by atoms with van der Waals surface area (Å²) in [6.45, 7) is 6.03. The van der Waals surface area contributed by atoms with Gasteiger partial charge in [0.05, 0.1) is 0 Å². The Morgan fingerprint density at radius 2 is 1.78 bits per heavy atom. The van der Waals surface area contributed by atoms with E-state index in [1.165, 1.54) is 38.5 Å². The van der Waals surface area contributed by atoms with Gasteiger partial charge in [0.25, 0.3) is 0 Å². The number of fused-ring (bicyclic) bond motifs is 1. The van der Waals surface area contributed by atoms with Crippen molar-refractivity contribution < 1.29 is 26.6 Å². The summed E-state index contributed by atoms with van der Waals surface area (Å²) in [6, 6.07) is 5.78.